The molecular formula is C8H10N2O2S. The number of sulfonamides is 1. The van der Waals surface area contributed by atoms with Crippen LogP contribution >= 0.6 is 0 Å². The number of nitrogens with zero attached hydrogens (tertiary/aromatic N) is 1. The summed E-state index contributed by atoms with van der Waals surface area (Å²) in [6, 6.07) is 6.70. The minimum atomic E-state index is -3.21. The van der Waals surface area contributed by atoms with E-state index in [1.807, 2.05) is 0 Å². The minimum Gasteiger partial charge on any atom is -0.284 e. The van der Waals surface area contributed by atoms with Crippen molar-refractivity contribution < 1.29 is 8.42 Å². The van der Waals surface area contributed by atoms with Crippen LogP contribution in [0.25, 0.3) is 0 Å². The number of hydrogen-bond acceptors (Lipinski definition) is 3. The number of anilines is 1. The Kier molecular flexibility index (Phi) is 2.67. The largest absolute Gasteiger partial charge is 0.284 e. The van der Waals surface area contributed by atoms with Gasteiger partial charge in [-0.2, -0.15) is 0 Å². The molecule has 0 atom stereocenters. The molecule has 0 fully saturated rings. The normalized spacial score (nSPS) is 10.8. The fourth-order valence-electron chi connectivity index (χ4n) is 0.882. The second kappa shape index (κ2) is 3.57. The number of benzene rings is 1. The molecule has 0 spiro atoms. The molecule has 0 aromatic heterocycles. The van der Waals surface area contributed by atoms with Crippen molar-refractivity contribution in [3.8, 4) is 0 Å². The van der Waals surface area contributed by atoms with Crippen molar-refractivity contribution in [2.75, 3.05) is 11.0 Å². The van der Waals surface area contributed by atoms with E-state index in [-0.39, 0.29) is 0 Å². The number of nitrogens with one attached hydrogen (secondary N) is 1. The fraction of sp³-hybridized carbons (Fsp3) is 0.125. The van der Waals surface area contributed by atoms with Gasteiger partial charge in [-0.1, -0.05) is 6.07 Å². The summed E-state index contributed by atoms with van der Waals surface area (Å²) in [6.07, 6.45) is 1.10. The van der Waals surface area contributed by atoms with Gasteiger partial charge in [-0.05, 0) is 24.9 Å². The Morgan fingerprint density at radius 3 is 2.69 bits per heavy atom. The van der Waals surface area contributed by atoms with Gasteiger partial charge in [0.05, 0.1) is 17.6 Å². The highest BCUT2D eigenvalue weighted by atomic mass is 32.2. The van der Waals surface area contributed by atoms with Gasteiger partial charge in [-0.15, -0.1) is 0 Å². The van der Waals surface area contributed by atoms with E-state index in [1.165, 1.54) is 0 Å². The third-order valence-corrected chi connectivity index (χ3v) is 1.94. The highest BCUT2D eigenvalue weighted by molar-refractivity contribution is 7.92. The van der Waals surface area contributed by atoms with E-state index in [0.29, 0.717) is 11.4 Å². The molecule has 0 unspecified atom stereocenters. The molecule has 0 saturated heterocycles. The Bertz CT molecular complexity index is 412. The van der Waals surface area contributed by atoms with E-state index >= 15 is 0 Å². The predicted molar refractivity (Wildman–Crippen MR) is 54.1 cm³/mol. The molecule has 0 amide bonds. The van der Waals surface area contributed by atoms with Gasteiger partial charge >= 0.3 is 0 Å². The monoisotopic (exact) mass is 198 g/mol. The van der Waals surface area contributed by atoms with Crippen LogP contribution in [-0.2, 0) is 10.0 Å². The molecule has 1 aromatic carbocycles. The van der Waals surface area contributed by atoms with E-state index < -0.39 is 10.0 Å². The Hall–Kier alpha value is -1.36. The van der Waals surface area contributed by atoms with Crippen LogP contribution in [0, 0.1) is 0 Å². The molecular weight excluding hydrogens is 188 g/mol. The second-order valence-corrected chi connectivity index (χ2v) is 4.33. The molecule has 0 heterocycles. The van der Waals surface area contributed by atoms with E-state index in [9.17, 15) is 8.42 Å². The lowest BCUT2D eigenvalue weighted by Gasteiger charge is -2.03. The molecule has 70 valence electrons. The average molecular weight is 198 g/mol. The van der Waals surface area contributed by atoms with E-state index in [0.717, 1.165) is 6.26 Å². The highest BCUT2D eigenvalue weighted by Crippen LogP contribution is 2.17. The summed E-state index contributed by atoms with van der Waals surface area (Å²) in [5, 5.41) is 0. The Morgan fingerprint density at radius 2 is 2.15 bits per heavy atom. The first-order chi connectivity index (χ1) is 6.01. The number of hydrogen-bond donors (Lipinski definition) is 1. The van der Waals surface area contributed by atoms with Crippen molar-refractivity contribution in [1.82, 2.24) is 0 Å². The zero-order valence-electron chi connectivity index (χ0n) is 7.19. The zero-order chi connectivity index (χ0) is 9.90. The van der Waals surface area contributed by atoms with Gasteiger partial charge in [0.2, 0.25) is 10.0 Å². The molecule has 1 aromatic rings. The van der Waals surface area contributed by atoms with Crippen LogP contribution < -0.4 is 4.72 Å². The van der Waals surface area contributed by atoms with Crippen LogP contribution in [0.2, 0.25) is 0 Å². The molecule has 1 rings (SSSR count). The van der Waals surface area contributed by atoms with E-state index in [2.05, 4.69) is 16.4 Å². The van der Waals surface area contributed by atoms with Crippen LogP contribution in [0.15, 0.2) is 29.3 Å². The molecule has 0 aliphatic rings. The van der Waals surface area contributed by atoms with Gasteiger partial charge in [0.15, 0.2) is 0 Å². The SMILES string of the molecule is C=Nc1cccc(NS(C)(=O)=O)c1. The van der Waals surface area contributed by atoms with Crippen LogP contribution in [0.3, 0.4) is 0 Å². The zero-order valence-corrected chi connectivity index (χ0v) is 8.00. The number of aliphatic imine (C=N–C) groups is 1. The quantitative estimate of drug-likeness (QED) is 0.746. The van der Waals surface area contributed by atoms with E-state index in [1.54, 1.807) is 24.3 Å². The van der Waals surface area contributed by atoms with Crippen LogP contribution in [0.5, 0.6) is 0 Å². The van der Waals surface area contributed by atoms with Gasteiger partial charge in [-0.25, -0.2) is 8.42 Å². The third kappa shape index (κ3) is 3.25. The fourth-order valence-corrected chi connectivity index (χ4v) is 1.44. The lowest BCUT2D eigenvalue weighted by molar-refractivity contribution is 0.607. The topological polar surface area (TPSA) is 58.5 Å². The van der Waals surface area contributed by atoms with Crippen molar-refractivity contribution in [3.05, 3.63) is 24.3 Å². The molecule has 0 saturated carbocycles. The Morgan fingerprint density at radius 1 is 1.46 bits per heavy atom. The lowest BCUT2D eigenvalue weighted by atomic mass is 10.3. The summed E-state index contributed by atoms with van der Waals surface area (Å²) in [6.45, 7) is 3.34. The first-order valence-corrected chi connectivity index (χ1v) is 5.45. The maximum atomic E-state index is 10.8. The standard InChI is InChI=1S/C8H10N2O2S/c1-9-7-4-3-5-8(6-7)10-13(2,11)12/h3-6,10H,1H2,2H3. The van der Waals surface area contributed by atoms with Gasteiger partial charge in [-0.3, -0.25) is 9.71 Å². The van der Waals surface area contributed by atoms with E-state index in [4.69, 9.17) is 0 Å². The highest BCUT2D eigenvalue weighted by Gasteiger charge is 2.00. The van der Waals surface area contributed by atoms with Gasteiger partial charge in [0, 0.05) is 0 Å². The maximum absolute atomic E-state index is 10.8. The number of rotatable bonds is 3. The molecule has 0 aliphatic heterocycles. The molecule has 4 nitrogen and oxygen atoms in total. The van der Waals surface area contributed by atoms with Crippen LogP contribution in [0.1, 0.15) is 0 Å². The molecule has 0 radical (unpaired) electrons. The van der Waals surface area contributed by atoms with Crippen LogP contribution in [0.4, 0.5) is 11.4 Å². The summed E-state index contributed by atoms with van der Waals surface area (Å²) in [5.41, 5.74) is 1.13. The summed E-state index contributed by atoms with van der Waals surface area (Å²) in [7, 11) is -3.21. The first-order valence-electron chi connectivity index (χ1n) is 3.56. The second-order valence-electron chi connectivity index (χ2n) is 2.58. The molecule has 0 aliphatic carbocycles. The minimum absolute atomic E-state index is 0.493. The first kappa shape index (κ1) is 9.73. The molecule has 0 bridgehead atoms. The Labute approximate surface area is 77.4 Å². The smallest absolute Gasteiger partial charge is 0.229 e. The van der Waals surface area contributed by atoms with Crippen molar-refractivity contribution >= 4 is 28.1 Å². The summed E-state index contributed by atoms with van der Waals surface area (Å²) in [4.78, 5) is 3.68. The predicted octanol–water partition coefficient (Wildman–Crippen LogP) is 1.39. The molecule has 1 N–H and O–H groups in total. The maximum Gasteiger partial charge on any atom is 0.229 e. The third-order valence-electron chi connectivity index (χ3n) is 1.33. The molecule has 13 heavy (non-hydrogen) atoms. The lowest BCUT2D eigenvalue weighted by Crippen LogP contribution is -2.09. The average Bonchev–Trinajstić information content (AvgIpc) is 2.01. The van der Waals surface area contributed by atoms with Crippen molar-refractivity contribution in [3.63, 3.8) is 0 Å². The van der Waals surface area contributed by atoms with Crippen LogP contribution in [-0.4, -0.2) is 21.4 Å². The van der Waals surface area contributed by atoms with Crippen molar-refractivity contribution in [2.45, 2.75) is 0 Å². The Balaban J connectivity index is 2.96. The van der Waals surface area contributed by atoms with Gasteiger partial charge in [0.25, 0.3) is 0 Å². The van der Waals surface area contributed by atoms with Gasteiger partial charge < -0.3 is 0 Å². The van der Waals surface area contributed by atoms with Gasteiger partial charge in [0.1, 0.15) is 0 Å². The molecule has 5 heteroatoms. The van der Waals surface area contributed by atoms with Crippen molar-refractivity contribution in [1.29, 1.82) is 0 Å². The summed E-state index contributed by atoms with van der Waals surface area (Å²) < 4.78 is 24.0. The summed E-state index contributed by atoms with van der Waals surface area (Å²) >= 11 is 0. The summed E-state index contributed by atoms with van der Waals surface area (Å²) in [5.74, 6) is 0. The van der Waals surface area contributed by atoms with Crippen molar-refractivity contribution in [2.24, 2.45) is 4.99 Å².